The van der Waals surface area contributed by atoms with E-state index in [-0.39, 0.29) is 31.4 Å². The first-order valence-electron chi connectivity index (χ1n) is 9.14. The van der Waals surface area contributed by atoms with Crippen molar-refractivity contribution in [2.45, 2.75) is 20.3 Å². The molecule has 0 aliphatic carbocycles. The second-order valence-electron chi connectivity index (χ2n) is 6.20. The van der Waals surface area contributed by atoms with Gasteiger partial charge in [0.25, 0.3) is 5.91 Å². The molecule has 7 nitrogen and oxygen atoms in total. The first-order valence-corrected chi connectivity index (χ1v) is 11.2. The van der Waals surface area contributed by atoms with Gasteiger partial charge in [0.2, 0.25) is 5.91 Å². The largest absolute Gasteiger partial charge is 0.462 e. The minimum atomic E-state index is -0.462. The smallest absolute Gasteiger partial charge is 0.350 e. The Labute approximate surface area is 187 Å². The highest BCUT2D eigenvalue weighted by molar-refractivity contribution is 8.26. The van der Waals surface area contributed by atoms with Crippen LogP contribution in [0.4, 0.5) is 5.13 Å². The number of anilines is 1. The number of aromatic nitrogens is 1. The molecule has 2 heterocycles. The number of carbonyl (C=O) groups is 3. The number of carbonyl (C=O) groups excluding carboxylic acids is 3. The molecule has 0 atom stereocenters. The average molecular weight is 462 g/mol. The first-order chi connectivity index (χ1) is 14.4. The summed E-state index contributed by atoms with van der Waals surface area (Å²) in [6, 6.07) is 9.50. The summed E-state index contributed by atoms with van der Waals surface area (Å²) in [4.78, 5) is 43.3. The molecule has 1 aliphatic rings. The zero-order valence-corrected chi connectivity index (χ0v) is 18.8. The van der Waals surface area contributed by atoms with Crippen LogP contribution in [0, 0.1) is 6.92 Å². The van der Waals surface area contributed by atoms with Crippen LogP contribution in [-0.4, -0.2) is 45.1 Å². The van der Waals surface area contributed by atoms with Crippen molar-refractivity contribution < 1.29 is 19.1 Å². The SMILES string of the molecule is CCOC(=O)c1sc(NC(=O)CCN2C(=O)/C(=C/c3ccccc3)SC2=S)nc1C. The fraction of sp³-hybridized carbons (Fsp3) is 0.250. The van der Waals surface area contributed by atoms with E-state index >= 15 is 0 Å². The van der Waals surface area contributed by atoms with Crippen LogP contribution >= 0.6 is 35.3 Å². The van der Waals surface area contributed by atoms with E-state index in [1.165, 1.54) is 16.7 Å². The van der Waals surface area contributed by atoms with Gasteiger partial charge in [0, 0.05) is 13.0 Å². The number of hydrogen-bond acceptors (Lipinski definition) is 8. The number of hydrogen-bond donors (Lipinski definition) is 1. The number of esters is 1. The maximum absolute atomic E-state index is 12.6. The highest BCUT2D eigenvalue weighted by Gasteiger charge is 2.32. The highest BCUT2D eigenvalue weighted by atomic mass is 32.2. The summed E-state index contributed by atoms with van der Waals surface area (Å²) in [5.41, 5.74) is 1.41. The number of rotatable bonds is 7. The molecule has 1 aliphatic heterocycles. The second kappa shape index (κ2) is 9.96. The van der Waals surface area contributed by atoms with Crippen LogP contribution in [-0.2, 0) is 14.3 Å². The van der Waals surface area contributed by atoms with Gasteiger partial charge in [-0.25, -0.2) is 9.78 Å². The first kappa shape index (κ1) is 22.1. The molecule has 1 aromatic heterocycles. The summed E-state index contributed by atoms with van der Waals surface area (Å²) >= 11 is 7.58. The van der Waals surface area contributed by atoms with Crippen LogP contribution in [0.3, 0.4) is 0 Å². The van der Waals surface area contributed by atoms with Gasteiger partial charge in [-0.3, -0.25) is 14.5 Å². The fourth-order valence-electron chi connectivity index (χ4n) is 2.62. The van der Waals surface area contributed by atoms with Crippen LogP contribution in [0.1, 0.15) is 34.3 Å². The quantitative estimate of drug-likeness (QED) is 0.380. The number of aryl methyl sites for hydroxylation is 1. The molecule has 10 heteroatoms. The van der Waals surface area contributed by atoms with Crippen molar-refractivity contribution in [1.29, 1.82) is 0 Å². The average Bonchev–Trinajstić information content (AvgIpc) is 3.20. The number of ether oxygens (including phenoxy) is 1. The fourth-order valence-corrected chi connectivity index (χ4v) is 4.81. The molecule has 2 amide bonds. The maximum atomic E-state index is 12.6. The molecule has 156 valence electrons. The molecular weight excluding hydrogens is 442 g/mol. The van der Waals surface area contributed by atoms with E-state index in [0.29, 0.717) is 24.9 Å². The third kappa shape index (κ3) is 5.32. The highest BCUT2D eigenvalue weighted by Crippen LogP contribution is 2.32. The molecule has 1 fully saturated rings. The Hall–Kier alpha value is -2.56. The van der Waals surface area contributed by atoms with Crippen molar-refractivity contribution in [2.24, 2.45) is 0 Å². The Morgan fingerprint density at radius 1 is 1.30 bits per heavy atom. The molecular formula is C20H19N3O4S3. The van der Waals surface area contributed by atoms with Crippen molar-refractivity contribution in [2.75, 3.05) is 18.5 Å². The number of nitrogens with one attached hydrogen (secondary N) is 1. The third-order valence-electron chi connectivity index (χ3n) is 4.04. The van der Waals surface area contributed by atoms with Gasteiger partial charge in [-0.1, -0.05) is 65.6 Å². The molecule has 1 saturated heterocycles. The Kier molecular flexibility index (Phi) is 7.35. The monoisotopic (exact) mass is 461 g/mol. The van der Waals surface area contributed by atoms with Gasteiger partial charge >= 0.3 is 5.97 Å². The van der Waals surface area contributed by atoms with Gasteiger partial charge in [-0.2, -0.15) is 0 Å². The number of thiocarbonyl (C=S) groups is 1. The summed E-state index contributed by atoms with van der Waals surface area (Å²) in [7, 11) is 0. The van der Waals surface area contributed by atoms with Crippen molar-refractivity contribution in [3.63, 3.8) is 0 Å². The zero-order chi connectivity index (χ0) is 21.7. The lowest BCUT2D eigenvalue weighted by molar-refractivity contribution is -0.122. The van der Waals surface area contributed by atoms with E-state index in [9.17, 15) is 14.4 Å². The van der Waals surface area contributed by atoms with E-state index < -0.39 is 5.97 Å². The Balaban J connectivity index is 1.58. The zero-order valence-electron chi connectivity index (χ0n) is 16.3. The number of amides is 2. The lowest BCUT2D eigenvalue weighted by Gasteiger charge is -2.13. The normalized spacial score (nSPS) is 15.0. The van der Waals surface area contributed by atoms with E-state index in [2.05, 4.69) is 10.3 Å². The van der Waals surface area contributed by atoms with Crippen molar-refractivity contribution in [3.05, 3.63) is 51.4 Å². The number of benzene rings is 1. The van der Waals surface area contributed by atoms with Crippen LogP contribution in [0.5, 0.6) is 0 Å². The van der Waals surface area contributed by atoms with Gasteiger partial charge in [-0.05, 0) is 25.5 Å². The van der Waals surface area contributed by atoms with E-state index in [1.54, 1.807) is 19.9 Å². The summed E-state index contributed by atoms with van der Waals surface area (Å²) in [5.74, 6) is -0.993. The Morgan fingerprint density at radius 3 is 2.73 bits per heavy atom. The molecule has 1 N–H and O–H groups in total. The Bertz CT molecular complexity index is 1020. The third-order valence-corrected chi connectivity index (χ3v) is 6.47. The van der Waals surface area contributed by atoms with Gasteiger partial charge in [0.1, 0.15) is 9.20 Å². The summed E-state index contributed by atoms with van der Waals surface area (Å²) < 4.78 is 5.39. The minimum absolute atomic E-state index is 0.0540. The van der Waals surface area contributed by atoms with Crippen LogP contribution in [0.15, 0.2) is 35.2 Å². The summed E-state index contributed by atoms with van der Waals surface area (Å²) in [6.45, 7) is 3.83. The summed E-state index contributed by atoms with van der Waals surface area (Å²) in [6.07, 6.45) is 1.84. The molecule has 0 saturated carbocycles. The van der Waals surface area contributed by atoms with Gasteiger partial charge < -0.3 is 10.1 Å². The topological polar surface area (TPSA) is 88.6 Å². The van der Waals surface area contributed by atoms with Crippen LogP contribution in [0.25, 0.3) is 6.08 Å². The molecule has 1 aromatic carbocycles. The molecule has 2 aromatic rings. The molecule has 0 bridgehead atoms. The van der Waals surface area contributed by atoms with Crippen LogP contribution in [0.2, 0.25) is 0 Å². The van der Waals surface area contributed by atoms with E-state index in [1.807, 2.05) is 30.3 Å². The van der Waals surface area contributed by atoms with Crippen molar-refractivity contribution in [3.8, 4) is 0 Å². The molecule has 0 unspecified atom stereocenters. The molecule has 30 heavy (non-hydrogen) atoms. The summed E-state index contributed by atoms with van der Waals surface area (Å²) in [5, 5.41) is 2.98. The maximum Gasteiger partial charge on any atom is 0.350 e. The van der Waals surface area contributed by atoms with Crippen molar-refractivity contribution in [1.82, 2.24) is 9.88 Å². The lowest BCUT2D eigenvalue weighted by atomic mass is 10.2. The molecule has 0 spiro atoms. The van der Waals surface area contributed by atoms with Gasteiger partial charge in [0.15, 0.2) is 5.13 Å². The Morgan fingerprint density at radius 2 is 2.03 bits per heavy atom. The van der Waals surface area contributed by atoms with Crippen LogP contribution < -0.4 is 5.32 Å². The number of thiazole rings is 1. The number of thioether (sulfide) groups is 1. The molecule has 3 rings (SSSR count). The van der Waals surface area contributed by atoms with Gasteiger partial charge in [0.05, 0.1) is 17.2 Å². The predicted octanol–water partition coefficient (Wildman–Crippen LogP) is 3.86. The number of nitrogens with zero attached hydrogens (tertiary/aromatic N) is 2. The second-order valence-corrected chi connectivity index (χ2v) is 8.87. The van der Waals surface area contributed by atoms with Gasteiger partial charge in [-0.15, -0.1) is 0 Å². The standard InChI is InChI=1S/C20H19N3O4S3/c1-3-27-18(26)16-12(2)21-19(30-16)22-15(24)9-10-23-17(25)14(29-20(23)28)11-13-7-5-4-6-8-13/h4-8,11H,3,9-10H2,1-2H3,(H,21,22,24)/b14-11-. The lowest BCUT2D eigenvalue weighted by Crippen LogP contribution is -2.31. The molecule has 0 radical (unpaired) electrons. The van der Waals surface area contributed by atoms with Crippen molar-refractivity contribution >= 4 is 68.6 Å². The predicted molar refractivity (Wildman–Crippen MR) is 122 cm³/mol. The minimum Gasteiger partial charge on any atom is -0.462 e. The van der Waals surface area contributed by atoms with E-state index in [0.717, 1.165) is 16.9 Å². The van der Waals surface area contributed by atoms with E-state index in [4.69, 9.17) is 17.0 Å².